The third kappa shape index (κ3) is 3.30. The third-order valence-corrected chi connectivity index (χ3v) is 3.77. The summed E-state index contributed by atoms with van der Waals surface area (Å²) in [6.07, 6.45) is 1.40. The zero-order valence-corrected chi connectivity index (χ0v) is 13.6. The lowest BCUT2D eigenvalue weighted by Crippen LogP contribution is -2.26. The molecule has 5 nitrogen and oxygen atoms in total. The fourth-order valence-corrected chi connectivity index (χ4v) is 2.47. The van der Waals surface area contributed by atoms with Crippen molar-refractivity contribution in [2.75, 3.05) is 14.2 Å². The second kappa shape index (κ2) is 7.00. The molecule has 1 aromatic heterocycles. The topological polar surface area (TPSA) is 55.6 Å². The summed E-state index contributed by atoms with van der Waals surface area (Å²) in [5.74, 6) is 0.657. The van der Waals surface area contributed by atoms with Gasteiger partial charge in [-0.25, -0.2) is 0 Å². The van der Waals surface area contributed by atoms with E-state index in [1.807, 2.05) is 54.6 Å². The Morgan fingerprint density at radius 2 is 1.83 bits per heavy atom. The molecule has 5 heteroatoms. The molecule has 0 radical (unpaired) electrons. The summed E-state index contributed by atoms with van der Waals surface area (Å²) in [5, 5.41) is 3.98. The quantitative estimate of drug-likeness (QED) is 0.720. The van der Waals surface area contributed by atoms with Crippen molar-refractivity contribution in [1.29, 1.82) is 0 Å². The van der Waals surface area contributed by atoms with E-state index in [-0.39, 0.29) is 5.91 Å². The van der Waals surface area contributed by atoms with Gasteiger partial charge in [-0.05, 0) is 17.7 Å². The molecule has 0 fully saturated rings. The second-order valence-corrected chi connectivity index (χ2v) is 5.45. The molecule has 0 saturated heterocycles. The van der Waals surface area contributed by atoms with E-state index in [0.717, 1.165) is 16.9 Å². The average Bonchev–Trinajstić information content (AvgIpc) is 3.12. The predicted molar refractivity (Wildman–Crippen MR) is 90.7 cm³/mol. The van der Waals surface area contributed by atoms with Crippen molar-refractivity contribution in [3.8, 4) is 17.0 Å². The molecule has 3 rings (SSSR count). The number of amides is 1. The molecule has 0 spiro atoms. The van der Waals surface area contributed by atoms with Crippen molar-refractivity contribution in [1.82, 2.24) is 10.1 Å². The normalized spacial score (nSPS) is 10.4. The highest BCUT2D eigenvalue weighted by molar-refractivity contribution is 5.99. The van der Waals surface area contributed by atoms with Crippen LogP contribution in [0.1, 0.15) is 15.9 Å². The molecule has 0 bridgehead atoms. The zero-order valence-electron chi connectivity index (χ0n) is 13.6. The molecule has 0 aliphatic heterocycles. The maximum atomic E-state index is 12.7. The van der Waals surface area contributed by atoms with Gasteiger partial charge in [-0.2, -0.15) is 0 Å². The number of methoxy groups -OCH3 is 1. The number of ether oxygens (including phenoxy) is 1. The molecule has 0 aliphatic rings. The molecule has 2 aromatic carbocycles. The van der Waals surface area contributed by atoms with Gasteiger partial charge in [0, 0.05) is 19.2 Å². The Labute approximate surface area is 140 Å². The van der Waals surface area contributed by atoms with Crippen LogP contribution < -0.4 is 4.74 Å². The Morgan fingerprint density at radius 1 is 1.12 bits per heavy atom. The number of aromatic nitrogens is 1. The van der Waals surface area contributed by atoms with Gasteiger partial charge in [-0.1, -0.05) is 47.6 Å². The molecular weight excluding hydrogens is 304 g/mol. The average molecular weight is 322 g/mol. The number of rotatable bonds is 5. The summed E-state index contributed by atoms with van der Waals surface area (Å²) in [5.41, 5.74) is 2.89. The van der Waals surface area contributed by atoms with Crippen molar-refractivity contribution in [3.63, 3.8) is 0 Å². The minimum atomic E-state index is -0.133. The van der Waals surface area contributed by atoms with Gasteiger partial charge < -0.3 is 14.2 Å². The molecule has 122 valence electrons. The summed E-state index contributed by atoms with van der Waals surface area (Å²) in [4.78, 5) is 14.4. The second-order valence-electron chi connectivity index (χ2n) is 5.45. The van der Waals surface area contributed by atoms with Gasteiger partial charge in [0.15, 0.2) is 0 Å². The van der Waals surface area contributed by atoms with Crippen molar-refractivity contribution < 1.29 is 14.1 Å². The van der Waals surface area contributed by atoms with E-state index in [9.17, 15) is 4.79 Å². The number of hydrogen-bond acceptors (Lipinski definition) is 4. The molecule has 24 heavy (non-hydrogen) atoms. The fraction of sp³-hybridized carbons (Fsp3) is 0.158. The fourth-order valence-electron chi connectivity index (χ4n) is 2.47. The molecule has 0 aliphatic carbocycles. The summed E-state index contributed by atoms with van der Waals surface area (Å²) in [6, 6.07) is 17.2. The molecule has 3 aromatic rings. The van der Waals surface area contributed by atoms with Crippen LogP contribution >= 0.6 is 0 Å². The van der Waals surface area contributed by atoms with Gasteiger partial charge in [0.1, 0.15) is 23.3 Å². The lowest BCUT2D eigenvalue weighted by Gasteiger charge is -2.17. The largest absolute Gasteiger partial charge is 0.497 e. The summed E-state index contributed by atoms with van der Waals surface area (Å²) < 4.78 is 10.2. The van der Waals surface area contributed by atoms with Gasteiger partial charge in [-0.15, -0.1) is 0 Å². The predicted octanol–water partition coefficient (Wildman–Crippen LogP) is 3.62. The Hall–Kier alpha value is -3.08. The lowest BCUT2D eigenvalue weighted by atomic mass is 10.1. The van der Waals surface area contributed by atoms with Gasteiger partial charge in [0.25, 0.3) is 5.91 Å². The van der Waals surface area contributed by atoms with Crippen LogP contribution in [-0.4, -0.2) is 30.1 Å². The maximum Gasteiger partial charge on any atom is 0.259 e. The van der Waals surface area contributed by atoms with Crippen molar-refractivity contribution >= 4 is 5.91 Å². The summed E-state index contributed by atoms with van der Waals surface area (Å²) in [7, 11) is 3.38. The van der Waals surface area contributed by atoms with Crippen molar-refractivity contribution in [3.05, 3.63) is 72.0 Å². The minimum absolute atomic E-state index is 0.133. The van der Waals surface area contributed by atoms with Crippen LogP contribution in [0.2, 0.25) is 0 Å². The molecule has 0 atom stereocenters. The SMILES string of the molecule is COc1ccc(CN(C)C(=O)c2conc2-c2ccccc2)cc1. The van der Waals surface area contributed by atoms with Gasteiger partial charge in [0.05, 0.1) is 7.11 Å². The Bertz CT molecular complexity index is 810. The smallest absolute Gasteiger partial charge is 0.259 e. The van der Waals surface area contributed by atoms with E-state index in [1.54, 1.807) is 19.1 Å². The van der Waals surface area contributed by atoms with E-state index in [2.05, 4.69) is 5.16 Å². The molecule has 0 unspecified atom stereocenters. The molecule has 0 N–H and O–H groups in total. The molecule has 1 heterocycles. The van der Waals surface area contributed by atoms with Gasteiger partial charge in [0.2, 0.25) is 0 Å². The van der Waals surface area contributed by atoms with Crippen LogP contribution in [0.4, 0.5) is 0 Å². The van der Waals surface area contributed by atoms with Crippen molar-refractivity contribution in [2.45, 2.75) is 6.54 Å². The van der Waals surface area contributed by atoms with E-state index >= 15 is 0 Å². The summed E-state index contributed by atoms with van der Waals surface area (Å²) >= 11 is 0. The number of hydrogen-bond donors (Lipinski definition) is 0. The molecular formula is C19H18N2O3. The highest BCUT2D eigenvalue weighted by Crippen LogP contribution is 2.23. The van der Waals surface area contributed by atoms with Crippen LogP contribution in [0.15, 0.2) is 65.4 Å². The number of carbonyl (C=O) groups is 1. The zero-order chi connectivity index (χ0) is 16.9. The van der Waals surface area contributed by atoms with Gasteiger partial charge >= 0.3 is 0 Å². The van der Waals surface area contributed by atoms with Gasteiger partial charge in [-0.3, -0.25) is 4.79 Å². The number of carbonyl (C=O) groups excluding carboxylic acids is 1. The van der Waals surface area contributed by atoms with Crippen LogP contribution in [0.5, 0.6) is 5.75 Å². The first-order valence-corrected chi connectivity index (χ1v) is 7.57. The first kappa shape index (κ1) is 15.8. The number of benzene rings is 2. The Kier molecular flexibility index (Phi) is 4.61. The van der Waals surface area contributed by atoms with Crippen LogP contribution in [0, 0.1) is 0 Å². The monoisotopic (exact) mass is 322 g/mol. The maximum absolute atomic E-state index is 12.7. The highest BCUT2D eigenvalue weighted by Gasteiger charge is 2.20. The van der Waals surface area contributed by atoms with E-state index in [0.29, 0.717) is 17.8 Å². The lowest BCUT2D eigenvalue weighted by molar-refractivity contribution is 0.0785. The standard InChI is InChI=1S/C19H18N2O3/c1-21(12-14-8-10-16(23-2)11-9-14)19(22)17-13-24-20-18(17)15-6-4-3-5-7-15/h3-11,13H,12H2,1-2H3. The number of nitrogens with zero attached hydrogens (tertiary/aromatic N) is 2. The third-order valence-electron chi connectivity index (χ3n) is 3.77. The molecule has 1 amide bonds. The van der Waals surface area contributed by atoms with E-state index < -0.39 is 0 Å². The molecule has 0 saturated carbocycles. The van der Waals surface area contributed by atoms with Crippen LogP contribution in [0.25, 0.3) is 11.3 Å². The van der Waals surface area contributed by atoms with E-state index in [4.69, 9.17) is 9.26 Å². The Balaban J connectivity index is 1.78. The Morgan fingerprint density at radius 3 is 2.50 bits per heavy atom. The first-order valence-electron chi connectivity index (χ1n) is 7.57. The first-order chi connectivity index (χ1) is 11.7. The minimum Gasteiger partial charge on any atom is -0.497 e. The highest BCUT2D eigenvalue weighted by atomic mass is 16.5. The van der Waals surface area contributed by atoms with Crippen LogP contribution in [0.3, 0.4) is 0 Å². The summed E-state index contributed by atoms with van der Waals surface area (Å²) in [6.45, 7) is 0.488. The van der Waals surface area contributed by atoms with Crippen molar-refractivity contribution in [2.24, 2.45) is 0 Å². The van der Waals surface area contributed by atoms with E-state index in [1.165, 1.54) is 6.26 Å². The van der Waals surface area contributed by atoms with Crippen LogP contribution in [-0.2, 0) is 6.54 Å².